The molecule has 1 aliphatic rings. The standard InChI is InChI=1S/C12H13BrF3NO/c13-7-5-8(11(17)3-1-2-4-11)10(18)9(6-7)12(14,15)16/h5-6,18H,1-4,17H2. The molecular weight excluding hydrogens is 311 g/mol. The molecule has 0 bridgehead atoms. The monoisotopic (exact) mass is 323 g/mol. The molecule has 0 heterocycles. The number of halogens is 4. The summed E-state index contributed by atoms with van der Waals surface area (Å²) in [6.45, 7) is 0. The van der Waals surface area contributed by atoms with Crippen molar-refractivity contribution < 1.29 is 18.3 Å². The van der Waals surface area contributed by atoms with Gasteiger partial charge in [-0.2, -0.15) is 13.2 Å². The van der Waals surface area contributed by atoms with Gasteiger partial charge in [-0.1, -0.05) is 28.8 Å². The molecule has 0 aromatic heterocycles. The number of benzene rings is 1. The fraction of sp³-hybridized carbons (Fsp3) is 0.500. The number of aromatic hydroxyl groups is 1. The number of hydrogen-bond donors (Lipinski definition) is 2. The van der Waals surface area contributed by atoms with Gasteiger partial charge in [-0.15, -0.1) is 0 Å². The molecule has 1 saturated carbocycles. The van der Waals surface area contributed by atoms with E-state index in [4.69, 9.17) is 5.73 Å². The van der Waals surface area contributed by atoms with E-state index in [0.717, 1.165) is 18.9 Å². The Morgan fingerprint density at radius 3 is 2.28 bits per heavy atom. The van der Waals surface area contributed by atoms with E-state index >= 15 is 0 Å². The highest BCUT2D eigenvalue weighted by Gasteiger charge is 2.40. The van der Waals surface area contributed by atoms with Crippen LogP contribution >= 0.6 is 15.9 Å². The Bertz CT molecular complexity index is 467. The van der Waals surface area contributed by atoms with Crippen LogP contribution in [0.2, 0.25) is 0 Å². The van der Waals surface area contributed by atoms with E-state index in [2.05, 4.69) is 15.9 Å². The molecule has 1 aromatic rings. The van der Waals surface area contributed by atoms with Gasteiger partial charge in [0.1, 0.15) is 5.75 Å². The van der Waals surface area contributed by atoms with Crippen molar-refractivity contribution in [3.05, 3.63) is 27.7 Å². The lowest BCUT2D eigenvalue weighted by molar-refractivity contribution is -0.138. The van der Waals surface area contributed by atoms with Gasteiger partial charge in [-0.25, -0.2) is 0 Å². The predicted octanol–water partition coefficient (Wildman–Crippen LogP) is 3.90. The summed E-state index contributed by atoms with van der Waals surface area (Å²) < 4.78 is 38.7. The summed E-state index contributed by atoms with van der Waals surface area (Å²) in [6, 6.07) is 2.35. The highest BCUT2D eigenvalue weighted by Crippen LogP contribution is 2.46. The molecule has 2 nitrogen and oxygen atoms in total. The second-order valence-electron chi connectivity index (χ2n) is 4.71. The topological polar surface area (TPSA) is 46.2 Å². The molecule has 1 aromatic carbocycles. The number of hydrogen-bond acceptors (Lipinski definition) is 2. The van der Waals surface area contributed by atoms with Crippen molar-refractivity contribution in [2.45, 2.75) is 37.4 Å². The zero-order valence-corrected chi connectivity index (χ0v) is 11.1. The van der Waals surface area contributed by atoms with Crippen LogP contribution in [0.15, 0.2) is 16.6 Å². The largest absolute Gasteiger partial charge is 0.507 e. The van der Waals surface area contributed by atoms with Gasteiger partial charge in [-0.3, -0.25) is 0 Å². The molecule has 0 spiro atoms. The van der Waals surface area contributed by atoms with E-state index in [-0.39, 0.29) is 10.0 Å². The fourth-order valence-electron chi connectivity index (χ4n) is 2.47. The SMILES string of the molecule is NC1(c2cc(Br)cc(C(F)(F)F)c2O)CCCC1. The summed E-state index contributed by atoms with van der Waals surface area (Å²) in [5, 5.41) is 9.85. The molecule has 0 atom stereocenters. The third-order valence-corrected chi connectivity index (χ3v) is 3.87. The van der Waals surface area contributed by atoms with Crippen molar-refractivity contribution >= 4 is 15.9 Å². The Kier molecular flexibility index (Phi) is 3.36. The number of phenols is 1. The molecule has 18 heavy (non-hydrogen) atoms. The van der Waals surface area contributed by atoms with Crippen LogP contribution in [-0.2, 0) is 11.7 Å². The van der Waals surface area contributed by atoms with Crippen molar-refractivity contribution in [2.24, 2.45) is 5.73 Å². The number of alkyl halides is 3. The summed E-state index contributed by atoms with van der Waals surface area (Å²) in [6.07, 6.45) is -1.67. The van der Waals surface area contributed by atoms with E-state index in [9.17, 15) is 18.3 Å². The van der Waals surface area contributed by atoms with Crippen molar-refractivity contribution in [3.8, 4) is 5.75 Å². The third-order valence-electron chi connectivity index (χ3n) is 3.41. The molecule has 0 radical (unpaired) electrons. The first-order valence-corrected chi connectivity index (χ1v) is 6.42. The molecule has 0 saturated heterocycles. The van der Waals surface area contributed by atoms with Crippen molar-refractivity contribution in [1.82, 2.24) is 0 Å². The minimum absolute atomic E-state index is 0.182. The third kappa shape index (κ3) is 2.36. The molecule has 0 amide bonds. The molecule has 2 rings (SSSR count). The minimum atomic E-state index is -4.59. The second-order valence-corrected chi connectivity index (χ2v) is 5.63. The first-order valence-electron chi connectivity index (χ1n) is 5.63. The normalized spacial score (nSPS) is 19.2. The van der Waals surface area contributed by atoms with Gasteiger partial charge >= 0.3 is 6.18 Å². The summed E-state index contributed by atoms with van der Waals surface area (Å²) in [5.41, 5.74) is 4.40. The highest BCUT2D eigenvalue weighted by atomic mass is 79.9. The molecule has 100 valence electrons. The van der Waals surface area contributed by atoms with E-state index < -0.39 is 23.0 Å². The predicted molar refractivity (Wildman–Crippen MR) is 65.1 cm³/mol. The maximum absolute atomic E-state index is 12.8. The molecule has 0 aliphatic heterocycles. The average molecular weight is 324 g/mol. The molecule has 1 aliphatic carbocycles. The summed E-state index contributed by atoms with van der Waals surface area (Å²) >= 11 is 3.04. The maximum Gasteiger partial charge on any atom is 0.420 e. The first-order chi connectivity index (χ1) is 8.24. The minimum Gasteiger partial charge on any atom is -0.507 e. The van der Waals surface area contributed by atoms with Gasteiger partial charge in [0.25, 0.3) is 0 Å². The Balaban J connectivity index is 2.58. The van der Waals surface area contributed by atoms with Crippen molar-refractivity contribution in [1.29, 1.82) is 0 Å². The van der Waals surface area contributed by atoms with Crippen molar-refractivity contribution in [3.63, 3.8) is 0 Å². The number of nitrogens with two attached hydrogens (primary N) is 1. The summed E-state index contributed by atoms with van der Waals surface area (Å²) in [7, 11) is 0. The van der Waals surface area contributed by atoms with Crippen LogP contribution in [-0.4, -0.2) is 5.11 Å². The lowest BCUT2D eigenvalue weighted by atomic mass is 9.87. The molecule has 6 heteroatoms. The zero-order chi connectivity index (χ0) is 13.6. The Morgan fingerprint density at radius 2 is 1.78 bits per heavy atom. The molecule has 1 fully saturated rings. The number of phenolic OH excluding ortho intramolecular Hbond substituents is 1. The summed E-state index contributed by atoms with van der Waals surface area (Å²) in [4.78, 5) is 0. The fourth-order valence-corrected chi connectivity index (χ4v) is 2.93. The van der Waals surface area contributed by atoms with Crippen molar-refractivity contribution in [2.75, 3.05) is 0 Å². The summed E-state index contributed by atoms with van der Waals surface area (Å²) in [5.74, 6) is -0.741. The van der Waals surface area contributed by atoms with Crippen LogP contribution in [0.3, 0.4) is 0 Å². The smallest absolute Gasteiger partial charge is 0.420 e. The molecular formula is C12H13BrF3NO. The maximum atomic E-state index is 12.8. The zero-order valence-electron chi connectivity index (χ0n) is 9.52. The van der Waals surface area contributed by atoms with Crippen LogP contribution < -0.4 is 5.73 Å². The van der Waals surface area contributed by atoms with Gasteiger partial charge in [0.05, 0.1) is 5.56 Å². The van der Waals surface area contributed by atoms with Gasteiger partial charge in [0.2, 0.25) is 0 Å². The van der Waals surface area contributed by atoms with E-state index in [1.54, 1.807) is 0 Å². The second kappa shape index (κ2) is 4.42. The number of rotatable bonds is 1. The van der Waals surface area contributed by atoms with Crippen LogP contribution in [0, 0.1) is 0 Å². The Hall–Kier alpha value is -0.750. The lowest BCUT2D eigenvalue weighted by Gasteiger charge is -2.27. The lowest BCUT2D eigenvalue weighted by Crippen LogP contribution is -2.33. The van der Waals surface area contributed by atoms with E-state index in [1.807, 2.05) is 0 Å². The Labute approximate surface area is 111 Å². The van der Waals surface area contributed by atoms with Crippen LogP contribution in [0.5, 0.6) is 5.75 Å². The van der Waals surface area contributed by atoms with Crippen LogP contribution in [0.1, 0.15) is 36.8 Å². The van der Waals surface area contributed by atoms with E-state index in [1.165, 1.54) is 6.07 Å². The molecule has 3 N–H and O–H groups in total. The average Bonchev–Trinajstić information content (AvgIpc) is 2.67. The van der Waals surface area contributed by atoms with Gasteiger partial charge < -0.3 is 10.8 Å². The van der Waals surface area contributed by atoms with Crippen LogP contribution in [0.25, 0.3) is 0 Å². The van der Waals surface area contributed by atoms with Crippen LogP contribution in [0.4, 0.5) is 13.2 Å². The van der Waals surface area contributed by atoms with Gasteiger partial charge in [-0.05, 0) is 25.0 Å². The molecule has 0 unspecified atom stereocenters. The van der Waals surface area contributed by atoms with Gasteiger partial charge in [0.15, 0.2) is 0 Å². The Morgan fingerprint density at radius 1 is 1.22 bits per heavy atom. The highest BCUT2D eigenvalue weighted by molar-refractivity contribution is 9.10. The quantitative estimate of drug-likeness (QED) is 0.823. The van der Waals surface area contributed by atoms with Gasteiger partial charge in [0, 0.05) is 15.6 Å². The first kappa shape index (κ1) is 13.7. The van der Waals surface area contributed by atoms with E-state index in [0.29, 0.717) is 12.8 Å².